The Kier molecular flexibility index (Phi) is 7.25. The lowest BCUT2D eigenvalue weighted by molar-refractivity contribution is 0.242. The van der Waals surface area contributed by atoms with Crippen LogP contribution in [0.5, 0.6) is 0 Å². The molecule has 0 radical (unpaired) electrons. The minimum Gasteiger partial charge on any atom is -0.394 e. The second-order valence-electron chi connectivity index (χ2n) is 5.99. The Morgan fingerprint density at radius 1 is 1.17 bits per heavy atom. The molecule has 0 unspecified atom stereocenters. The number of hydrogen-bond acceptors (Lipinski definition) is 7. The zero-order valence-corrected chi connectivity index (χ0v) is 16.0. The Morgan fingerprint density at radius 2 is 1.97 bits per heavy atom. The van der Waals surface area contributed by atoms with Crippen LogP contribution in [0, 0.1) is 5.82 Å². The van der Waals surface area contributed by atoms with Gasteiger partial charge < -0.3 is 20.8 Å². The molecule has 0 aliphatic heterocycles. The lowest BCUT2D eigenvalue weighted by Gasteiger charge is -2.16. The summed E-state index contributed by atoms with van der Waals surface area (Å²) in [5.74, 6) is -0.379. The largest absolute Gasteiger partial charge is 0.394 e. The van der Waals surface area contributed by atoms with Gasteiger partial charge in [0.25, 0.3) is 0 Å². The van der Waals surface area contributed by atoms with E-state index in [-0.39, 0.29) is 35.7 Å². The molecule has 0 spiro atoms. The third-order valence-corrected chi connectivity index (χ3v) is 4.38. The fourth-order valence-electron chi connectivity index (χ4n) is 2.65. The maximum Gasteiger partial charge on any atom is 0.174 e. The van der Waals surface area contributed by atoms with Gasteiger partial charge in [-0.05, 0) is 28.9 Å². The molecule has 0 amide bonds. The normalized spacial score (nSPS) is 12.8. The van der Waals surface area contributed by atoms with Crippen LogP contribution < -0.4 is 10.6 Å². The predicted molar refractivity (Wildman–Crippen MR) is 106 cm³/mol. The number of aliphatic hydroxyl groups excluding tert-OH is 2. The summed E-state index contributed by atoms with van der Waals surface area (Å²) in [5, 5.41) is 32.7. The van der Waals surface area contributed by atoms with Gasteiger partial charge in [0, 0.05) is 12.2 Å². The summed E-state index contributed by atoms with van der Waals surface area (Å²) in [4.78, 5) is 3.96. The van der Waals surface area contributed by atoms with E-state index in [2.05, 4.69) is 25.9 Å². The summed E-state index contributed by atoms with van der Waals surface area (Å²) in [7, 11) is 0. The summed E-state index contributed by atoms with van der Waals surface area (Å²) in [6.07, 6.45) is 0. The molecule has 1 aromatic heterocycles. The van der Waals surface area contributed by atoms with Crippen molar-refractivity contribution < 1.29 is 19.2 Å². The Labute approximate surface area is 171 Å². The monoisotopic (exact) mass is 419 g/mol. The maximum atomic E-state index is 13.4. The first-order chi connectivity index (χ1) is 14.1. The van der Waals surface area contributed by atoms with Gasteiger partial charge in [-0.25, -0.2) is 14.0 Å². The third kappa shape index (κ3) is 5.36. The number of aromatic nitrogens is 2. The third-order valence-electron chi connectivity index (χ3n) is 4.09. The van der Waals surface area contributed by atoms with Crippen molar-refractivity contribution >= 4 is 23.1 Å². The van der Waals surface area contributed by atoms with Crippen LogP contribution >= 0.6 is 11.6 Å². The zero-order chi connectivity index (χ0) is 20.6. The Hall–Kier alpha value is -2.85. The fraction of sp³-hybridized carbons (Fsp3) is 0.211. The zero-order valence-electron chi connectivity index (χ0n) is 15.2. The molecular formula is C19H19ClFN5O3. The maximum absolute atomic E-state index is 13.4. The SMILES string of the molecule is OCN=C(Nc1ccc(F)c(Cl)c1)c1nonc1CN[C@@H](CO)c1ccccc1. The molecule has 1 atom stereocenters. The molecule has 2 aromatic carbocycles. The molecule has 10 heteroatoms. The van der Waals surface area contributed by atoms with E-state index in [1.807, 2.05) is 30.3 Å². The summed E-state index contributed by atoms with van der Waals surface area (Å²) < 4.78 is 18.2. The number of anilines is 1. The number of halogens is 2. The number of nitrogens with zero attached hydrogens (tertiary/aromatic N) is 3. The van der Waals surface area contributed by atoms with E-state index in [0.29, 0.717) is 11.4 Å². The van der Waals surface area contributed by atoms with Crippen molar-refractivity contribution in [3.63, 3.8) is 0 Å². The second-order valence-corrected chi connectivity index (χ2v) is 6.40. The van der Waals surface area contributed by atoms with Gasteiger partial charge >= 0.3 is 0 Å². The van der Waals surface area contributed by atoms with E-state index in [1.54, 1.807) is 0 Å². The van der Waals surface area contributed by atoms with Crippen LogP contribution in [0.25, 0.3) is 0 Å². The van der Waals surface area contributed by atoms with Gasteiger partial charge in [0.15, 0.2) is 11.5 Å². The highest BCUT2D eigenvalue weighted by molar-refractivity contribution is 6.31. The lowest BCUT2D eigenvalue weighted by atomic mass is 10.1. The van der Waals surface area contributed by atoms with Crippen LogP contribution in [0.1, 0.15) is 23.0 Å². The van der Waals surface area contributed by atoms with Crippen LogP contribution in [-0.4, -0.2) is 39.7 Å². The second kappa shape index (κ2) is 10.1. The van der Waals surface area contributed by atoms with E-state index >= 15 is 0 Å². The van der Waals surface area contributed by atoms with Gasteiger partial charge in [0.2, 0.25) is 0 Å². The minimum atomic E-state index is -0.554. The van der Waals surface area contributed by atoms with Gasteiger partial charge in [-0.1, -0.05) is 47.1 Å². The first-order valence-corrected chi connectivity index (χ1v) is 9.08. The first kappa shape index (κ1) is 20.9. The van der Waals surface area contributed by atoms with E-state index in [9.17, 15) is 14.6 Å². The molecule has 8 nitrogen and oxygen atoms in total. The predicted octanol–water partition coefficient (Wildman–Crippen LogP) is 2.49. The lowest BCUT2D eigenvalue weighted by Crippen LogP contribution is -2.26. The molecule has 0 aliphatic carbocycles. The van der Waals surface area contributed by atoms with Gasteiger partial charge in [0.05, 0.1) is 17.7 Å². The fourth-order valence-corrected chi connectivity index (χ4v) is 2.83. The quantitative estimate of drug-likeness (QED) is 0.327. The molecule has 0 fully saturated rings. The molecule has 0 bridgehead atoms. The van der Waals surface area contributed by atoms with E-state index < -0.39 is 12.5 Å². The van der Waals surface area contributed by atoms with Crippen LogP contribution in [0.4, 0.5) is 10.1 Å². The summed E-state index contributed by atoms with van der Waals surface area (Å²) >= 11 is 5.80. The van der Waals surface area contributed by atoms with Gasteiger partial charge in [-0.2, -0.15) is 0 Å². The first-order valence-electron chi connectivity index (χ1n) is 8.70. The van der Waals surface area contributed by atoms with Crippen molar-refractivity contribution in [2.24, 2.45) is 4.99 Å². The number of amidine groups is 1. The molecule has 0 aliphatic rings. The highest BCUT2D eigenvalue weighted by atomic mass is 35.5. The molecule has 4 N–H and O–H groups in total. The highest BCUT2D eigenvalue weighted by Gasteiger charge is 2.19. The van der Waals surface area contributed by atoms with Gasteiger partial charge in [-0.15, -0.1) is 0 Å². The summed E-state index contributed by atoms with van der Waals surface area (Å²) in [6, 6.07) is 13.2. The Balaban J connectivity index is 1.77. The van der Waals surface area contributed by atoms with E-state index in [4.69, 9.17) is 16.2 Å². The van der Waals surface area contributed by atoms with Crippen LogP contribution in [0.15, 0.2) is 58.2 Å². The molecule has 3 rings (SSSR count). The van der Waals surface area contributed by atoms with Gasteiger partial charge in [-0.3, -0.25) is 0 Å². The smallest absolute Gasteiger partial charge is 0.174 e. The van der Waals surface area contributed by atoms with Crippen LogP contribution in [0.2, 0.25) is 5.02 Å². The van der Waals surface area contributed by atoms with Crippen molar-refractivity contribution in [3.8, 4) is 0 Å². The van der Waals surface area contributed by atoms with Crippen LogP contribution in [0.3, 0.4) is 0 Å². The summed E-state index contributed by atoms with van der Waals surface area (Å²) in [5.41, 5.74) is 2.03. The number of nitrogens with one attached hydrogen (secondary N) is 2. The average molecular weight is 420 g/mol. The van der Waals surface area contributed by atoms with Crippen molar-refractivity contribution in [1.29, 1.82) is 0 Å². The molecular weight excluding hydrogens is 401 g/mol. The Bertz CT molecular complexity index is 967. The molecule has 1 heterocycles. The average Bonchev–Trinajstić information content (AvgIpc) is 3.20. The Morgan fingerprint density at radius 3 is 2.66 bits per heavy atom. The highest BCUT2D eigenvalue weighted by Crippen LogP contribution is 2.20. The summed E-state index contributed by atoms with van der Waals surface area (Å²) in [6.45, 7) is -0.413. The standard InChI is InChI=1S/C19H19ClFN5O3/c20-14-8-13(6-7-15(14)21)24-19(23-11-28)18-16(25-29-26-18)9-22-17(10-27)12-4-2-1-3-5-12/h1-8,17,22,27-28H,9-11H2,(H,23,24)/t17-/m0/s1. The number of aliphatic hydroxyl groups is 2. The molecule has 3 aromatic rings. The van der Waals surface area contributed by atoms with Crippen molar-refractivity contribution in [2.75, 3.05) is 18.7 Å². The van der Waals surface area contributed by atoms with Gasteiger partial charge in [0.1, 0.15) is 18.2 Å². The minimum absolute atomic E-state index is 0.0628. The molecule has 0 saturated heterocycles. The van der Waals surface area contributed by atoms with Crippen molar-refractivity contribution in [2.45, 2.75) is 12.6 Å². The molecule has 152 valence electrons. The van der Waals surface area contributed by atoms with E-state index in [1.165, 1.54) is 18.2 Å². The van der Waals surface area contributed by atoms with Crippen molar-refractivity contribution in [1.82, 2.24) is 15.6 Å². The molecule has 0 saturated carbocycles. The van der Waals surface area contributed by atoms with Crippen molar-refractivity contribution in [3.05, 3.63) is 76.3 Å². The number of benzene rings is 2. The number of rotatable bonds is 8. The topological polar surface area (TPSA) is 116 Å². The van der Waals surface area contributed by atoms with E-state index in [0.717, 1.165) is 5.56 Å². The number of aliphatic imine (C=N–C) groups is 1. The number of hydrogen-bond donors (Lipinski definition) is 4. The van der Waals surface area contributed by atoms with Crippen LogP contribution in [-0.2, 0) is 6.54 Å². The molecule has 29 heavy (non-hydrogen) atoms.